The summed E-state index contributed by atoms with van der Waals surface area (Å²) in [5.41, 5.74) is 0.410. The number of carbonyl (C=O) groups is 1. The van der Waals surface area contributed by atoms with E-state index in [2.05, 4.69) is 30.5 Å². The molecule has 0 bridgehead atoms. The quantitative estimate of drug-likeness (QED) is 0.317. The average molecular weight is 513 g/mol. The van der Waals surface area contributed by atoms with E-state index >= 15 is 0 Å². The number of hydrogen-bond acceptors (Lipinski definition) is 7. The Morgan fingerprint density at radius 1 is 0.944 bits per heavy atom. The van der Waals surface area contributed by atoms with Gasteiger partial charge in [0, 0.05) is 25.0 Å². The summed E-state index contributed by atoms with van der Waals surface area (Å²) in [6.07, 6.45) is 1.23. The van der Waals surface area contributed by atoms with Crippen LogP contribution in [0.3, 0.4) is 0 Å². The fraction of sp³-hybridized carbons (Fsp3) is 0.167. The van der Waals surface area contributed by atoms with Crippen LogP contribution in [0.2, 0.25) is 0 Å². The van der Waals surface area contributed by atoms with Crippen molar-refractivity contribution in [2.45, 2.75) is 12.6 Å². The number of nitrogens with one attached hydrogen (secondary N) is 2. The minimum Gasteiger partial charge on any atom is -0.424 e. The van der Waals surface area contributed by atoms with E-state index in [1.165, 1.54) is 30.9 Å². The molecule has 2 N–H and O–H groups in total. The van der Waals surface area contributed by atoms with Crippen molar-refractivity contribution >= 4 is 33.9 Å². The first kappa shape index (κ1) is 23.5. The third-order valence-electron chi connectivity index (χ3n) is 5.30. The molecule has 0 atom stereocenters. The Hall–Kier alpha value is -4.19. The van der Waals surface area contributed by atoms with Gasteiger partial charge in [-0.1, -0.05) is 17.4 Å². The van der Waals surface area contributed by atoms with E-state index in [0.29, 0.717) is 5.75 Å². The normalized spacial score (nSPS) is 13.1. The number of anilines is 3. The van der Waals surface area contributed by atoms with Crippen LogP contribution in [0.15, 0.2) is 67.1 Å². The molecule has 5 rings (SSSR count). The molecule has 8 nitrogen and oxygen atoms in total. The summed E-state index contributed by atoms with van der Waals surface area (Å²) in [4.78, 5) is 28.1. The second-order valence-corrected chi connectivity index (χ2v) is 8.90. The fourth-order valence-corrected chi connectivity index (χ4v) is 4.32. The molecule has 1 aliphatic rings. The van der Waals surface area contributed by atoms with Crippen molar-refractivity contribution in [3.8, 4) is 22.2 Å². The van der Waals surface area contributed by atoms with Gasteiger partial charge in [-0.25, -0.2) is 19.7 Å². The lowest BCUT2D eigenvalue weighted by molar-refractivity contribution is -0.137. The van der Waals surface area contributed by atoms with Crippen LogP contribution in [0, 0.1) is 0 Å². The van der Waals surface area contributed by atoms with Gasteiger partial charge in [0.05, 0.1) is 28.5 Å². The van der Waals surface area contributed by atoms with Crippen molar-refractivity contribution in [1.29, 1.82) is 0 Å². The van der Waals surface area contributed by atoms with Crippen molar-refractivity contribution in [3.05, 3.63) is 72.7 Å². The summed E-state index contributed by atoms with van der Waals surface area (Å²) in [6, 6.07) is 11.1. The molecule has 0 aliphatic carbocycles. The molecule has 0 unspecified atom stereocenters. The molecule has 1 fully saturated rings. The minimum atomic E-state index is -4.50. The minimum absolute atomic E-state index is 0.00161. The van der Waals surface area contributed by atoms with Gasteiger partial charge < -0.3 is 20.3 Å². The van der Waals surface area contributed by atoms with E-state index in [1.807, 2.05) is 18.3 Å². The maximum absolute atomic E-state index is 12.8. The first-order valence-corrected chi connectivity index (χ1v) is 11.7. The number of thiazole rings is 1. The van der Waals surface area contributed by atoms with Crippen molar-refractivity contribution in [1.82, 2.24) is 15.0 Å². The molecule has 0 radical (unpaired) electrons. The number of alkyl halides is 3. The van der Waals surface area contributed by atoms with Gasteiger partial charge in [0.2, 0.25) is 0 Å². The number of ether oxygens (including phenoxy) is 1. The molecule has 4 aromatic rings. The molecule has 12 heteroatoms. The largest absolute Gasteiger partial charge is 0.424 e. The highest BCUT2D eigenvalue weighted by Gasteiger charge is 2.30. The van der Waals surface area contributed by atoms with E-state index in [-0.39, 0.29) is 17.4 Å². The first-order valence-electron chi connectivity index (χ1n) is 10.9. The predicted molar refractivity (Wildman–Crippen MR) is 131 cm³/mol. The molecule has 0 saturated carbocycles. The third kappa shape index (κ3) is 5.54. The van der Waals surface area contributed by atoms with E-state index in [9.17, 15) is 18.0 Å². The lowest BCUT2D eigenvalue weighted by Crippen LogP contribution is -2.36. The number of hydrogen-bond donors (Lipinski definition) is 2. The lowest BCUT2D eigenvalue weighted by atomic mass is 10.2. The molecule has 2 amide bonds. The Balaban J connectivity index is 1.16. The number of rotatable bonds is 6. The van der Waals surface area contributed by atoms with E-state index in [0.717, 1.165) is 40.8 Å². The van der Waals surface area contributed by atoms with Crippen LogP contribution in [0.25, 0.3) is 10.4 Å². The first-order chi connectivity index (χ1) is 17.3. The van der Waals surface area contributed by atoms with E-state index < -0.39 is 17.8 Å². The summed E-state index contributed by atoms with van der Waals surface area (Å²) in [5, 5.41) is 5.84. The standard InChI is InChI=1S/C24H19F3N6O2S/c25-24(26,27)16-3-1-4-17(11-16)31-21(34)32-18-12-28-22(29-13-18)35-19-7-5-15(6-8-19)20-14-30-23(36-20)33-9-2-10-33/h1,3-8,11-14H,2,9-10H2,(H2,31,32,34). The molecule has 184 valence electrons. The smallest absolute Gasteiger partial charge is 0.416 e. The van der Waals surface area contributed by atoms with E-state index in [4.69, 9.17) is 4.74 Å². The van der Waals surface area contributed by atoms with Crippen molar-refractivity contribution in [2.75, 3.05) is 28.6 Å². The molecule has 2 aromatic carbocycles. The molecule has 2 aromatic heterocycles. The molecule has 0 spiro atoms. The zero-order valence-corrected chi connectivity index (χ0v) is 19.4. The fourth-order valence-electron chi connectivity index (χ4n) is 3.34. The van der Waals surface area contributed by atoms with Crippen molar-refractivity contribution < 1.29 is 22.7 Å². The van der Waals surface area contributed by atoms with Crippen LogP contribution in [0.4, 0.5) is 34.5 Å². The second kappa shape index (κ2) is 9.82. The van der Waals surface area contributed by atoms with Gasteiger partial charge >= 0.3 is 18.2 Å². The summed E-state index contributed by atoms with van der Waals surface area (Å²) >= 11 is 1.65. The molecule has 1 aliphatic heterocycles. The predicted octanol–water partition coefficient (Wildman–Crippen LogP) is 6.27. The summed E-state index contributed by atoms with van der Waals surface area (Å²) in [7, 11) is 0. The number of aromatic nitrogens is 3. The highest BCUT2D eigenvalue weighted by atomic mass is 32.1. The molecular weight excluding hydrogens is 493 g/mol. The lowest BCUT2D eigenvalue weighted by Gasteiger charge is -2.30. The van der Waals surface area contributed by atoms with Gasteiger partial charge in [-0.3, -0.25) is 0 Å². The number of carbonyl (C=O) groups excluding carboxylic acids is 1. The third-order valence-corrected chi connectivity index (χ3v) is 6.41. The summed E-state index contributed by atoms with van der Waals surface area (Å²) < 4.78 is 44.1. The number of benzene rings is 2. The van der Waals surface area contributed by atoms with Crippen LogP contribution in [-0.2, 0) is 6.18 Å². The van der Waals surface area contributed by atoms with Gasteiger partial charge in [0.25, 0.3) is 0 Å². The van der Waals surface area contributed by atoms with Crippen molar-refractivity contribution in [2.24, 2.45) is 0 Å². The van der Waals surface area contributed by atoms with Gasteiger partial charge in [-0.05, 0) is 54.4 Å². The van der Waals surface area contributed by atoms with Crippen LogP contribution >= 0.6 is 11.3 Å². The Bertz CT molecular complexity index is 1360. The van der Waals surface area contributed by atoms with E-state index in [1.54, 1.807) is 23.5 Å². The Labute approximate surface area is 207 Å². The SMILES string of the molecule is O=C(Nc1cnc(Oc2ccc(-c3cnc(N4CCC4)s3)cc2)nc1)Nc1cccc(C(F)(F)F)c1. The van der Waals surface area contributed by atoms with Crippen LogP contribution in [-0.4, -0.2) is 34.1 Å². The molecule has 36 heavy (non-hydrogen) atoms. The van der Waals surface area contributed by atoms with Crippen LogP contribution in [0.5, 0.6) is 11.8 Å². The van der Waals surface area contributed by atoms with Crippen LogP contribution in [0.1, 0.15) is 12.0 Å². The summed E-state index contributed by atoms with van der Waals surface area (Å²) in [6.45, 7) is 2.10. The number of halogens is 3. The average Bonchev–Trinajstić information content (AvgIpc) is 3.29. The van der Waals surface area contributed by atoms with Gasteiger partial charge in [-0.2, -0.15) is 13.2 Å². The number of amides is 2. The summed E-state index contributed by atoms with van der Waals surface area (Å²) in [5.74, 6) is 0.536. The van der Waals surface area contributed by atoms with Gasteiger partial charge in [0.1, 0.15) is 5.75 Å². The van der Waals surface area contributed by atoms with Crippen molar-refractivity contribution in [3.63, 3.8) is 0 Å². The molecule has 1 saturated heterocycles. The highest BCUT2D eigenvalue weighted by molar-refractivity contribution is 7.18. The second-order valence-electron chi connectivity index (χ2n) is 7.89. The Kier molecular flexibility index (Phi) is 6.42. The Morgan fingerprint density at radius 2 is 1.67 bits per heavy atom. The zero-order valence-electron chi connectivity index (χ0n) is 18.6. The maximum Gasteiger partial charge on any atom is 0.416 e. The number of urea groups is 1. The maximum atomic E-state index is 12.8. The number of nitrogens with zero attached hydrogens (tertiary/aromatic N) is 4. The topological polar surface area (TPSA) is 92.3 Å². The monoisotopic (exact) mass is 512 g/mol. The Morgan fingerprint density at radius 3 is 2.33 bits per heavy atom. The van der Waals surface area contributed by atoms with Gasteiger partial charge in [-0.15, -0.1) is 0 Å². The van der Waals surface area contributed by atoms with Crippen LogP contribution < -0.4 is 20.3 Å². The zero-order chi connectivity index (χ0) is 25.1. The highest BCUT2D eigenvalue weighted by Crippen LogP contribution is 2.34. The molecule has 3 heterocycles. The van der Waals surface area contributed by atoms with Gasteiger partial charge in [0.15, 0.2) is 5.13 Å². The molecular formula is C24H19F3N6O2S.